The van der Waals surface area contributed by atoms with Crippen LogP contribution >= 0.6 is 0 Å². The summed E-state index contributed by atoms with van der Waals surface area (Å²) in [5.41, 5.74) is 1.53. The van der Waals surface area contributed by atoms with E-state index in [1.807, 2.05) is 0 Å². The third-order valence-corrected chi connectivity index (χ3v) is 5.35. The average Bonchev–Trinajstić information content (AvgIpc) is 2.97. The first-order valence-electron chi connectivity index (χ1n) is 9.33. The molecular weight excluding hydrogens is 371 g/mol. The van der Waals surface area contributed by atoms with Crippen molar-refractivity contribution in [2.75, 3.05) is 5.32 Å². The lowest BCUT2D eigenvalue weighted by atomic mass is 9.77. The molecule has 0 aromatic heterocycles. The number of anilines is 1. The van der Waals surface area contributed by atoms with Crippen LogP contribution in [0.25, 0.3) is 0 Å². The molecule has 0 radical (unpaired) electrons. The molecule has 0 saturated heterocycles. The molecule has 1 N–H and O–H groups in total. The van der Waals surface area contributed by atoms with Gasteiger partial charge in [-0.1, -0.05) is 6.07 Å². The Hall–Kier alpha value is -2.70. The van der Waals surface area contributed by atoms with Crippen molar-refractivity contribution in [3.63, 3.8) is 0 Å². The average molecular weight is 391 g/mol. The largest absolute Gasteiger partial charge is 0.586 e. The van der Waals surface area contributed by atoms with E-state index >= 15 is 0 Å². The van der Waals surface area contributed by atoms with Gasteiger partial charge in [-0.15, -0.1) is 8.78 Å². The van der Waals surface area contributed by atoms with Gasteiger partial charge in [0, 0.05) is 12.1 Å². The Morgan fingerprint density at radius 1 is 1.00 bits per heavy atom. The van der Waals surface area contributed by atoms with Crippen molar-refractivity contribution in [1.82, 2.24) is 0 Å². The molecule has 2 aromatic rings. The van der Waals surface area contributed by atoms with Crippen molar-refractivity contribution >= 4 is 11.6 Å². The Balaban J connectivity index is 1.29. The van der Waals surface area contributed by atoms with E-state index in [1.165, 1.54) is 30.3 Å². The standard InChI is InChI=1S/C21H20F3NO3/c22-16-6-8-17(9-7-16)25-20(26)11-13-1-3-14(4-2-13)15-5-10-18-19(12-15)28-21(23,24)27-18/h5-10,12-14H,1-4,11H2,(H,25,26). The number of benzene rings is 2. The predicted octanol–water partition coefficient (Wildman–Crippen LogP) is 5.45. The van der Waals surface area contributed by atoms with Crippen LogP contribution in [0.3, 0.4) is 0 Å². The fraction of sp³-hybridized carbons (Fsp3) is 0.381. The molecule has 1 heterocycles. The maximum absolute atomic E-state index is 13.2. The molecule has 1 saturated carbocycles. The van der Waals surface area contributed by atoms with Gasteiger partial charge < -0.3 is 14.8 Å². The van der Waals surface area contributed by atoms with Crippen LogP contribution in [0, 0.1) is 11.7 Å². The molecule has 0 unspecified atom stereocenters. The van der Waals surface area contributed by atoms with Gasteiger partial charge in [0.2, 0.25) is 5.91 Å². The molecule has 0 bridgehead atoms. The maximum atomic E-state index is 13.2. The fourth-order valence-corrected chi connectivity index (χ4v) is 3.93. The monoisotopic (exact) mass is 391 g/mol. The summed E-state index contributed by atoms with van der Waals surface area (Å²) in [5, 5.41) is 2.79. The number of ether oxygens (including phenoxy) is 2. The first-order chi connectivity index (χ1) is 13.4. The van der Waals surface area contributed by atoms with Gasteiger partial charge in [0.05, 0.1) is 0 Å². The molecule has 0 atom stereocenters. The Labute approximate surface area is 160 Å². The second-order valence-corrected chi connectivity index (χ2v) is 7.35. The second kappa shape index (κ2) is 7.37. The molecule has 1 aliphatic carbocycles. The van der Waals surface area contributed by atoms with Crippen molar-refractivity contribution in [2.45, 2.75) is 44.3 Å². The molecule has 7 heteroatoms. The van der Waals surface area contributed by atoms with Crippen LogP contribution in [0.5, 0.6) is 11.5 Å². The third-order valence-electron chi connectivity index (χ3n) is 5.35. The minimum absolute atomic E-state index is 0.0555. The van der Waals surface area contributed by atoms with Crippen molar-refractivity contribution in [1.29, 1.82) is 0 Å². The smallest absolute Gasteiger partial charge is 0.395 e. The summed E-state index contributed by atoms with van der Waals surface area (Å²) in [6.45, 7) is 0. The number of carbonyl (C=O) groups is 1. The summed E-state index contributed by atoms with van der Waals surface area (Å²) in [5.74, 6) is 0.224. The highest BCUT2D eigenvalue weighted by Gasteiger charge is 2.43. The SMILES string of the molecule is O=C(CC1CCC(c2ccc3c(c2)OC(F)(F)O3)CC1)Nc1ccc(F)cc1. The minimum Gasteiger partial charge on any atom is -0.395 e. The van der Waals surface area contributed by atoms with E-state index in [4.69, 9.17) is 0 Å². The molecule has 148 valence electrons. The zero-order chi connectivity index (χ0) is 19.7. The summed E-state index contributed by atoms with van der Waals surface area (Å²) < 4.78 is 48.2. The summed E-state index contributed by atoms with van der Waals surface area (Å²) in [4.78, 5) is 12.2. The molecule has 2 aliphatic rings. The number of carbonyl (C=O) groups excluding carboxylic acids is 1. The molecule has 28 heavy (non-hydrogen) atoms. The van der Waals surface area contributed by atoms with Gasteiger partial charge in [0.1, 0.15) is 5.82 Å². The van der Waals surface area contributed by atoms with Crippen molar-refractivity contribution in [3.05, 3.63) is 53.8 Å². The molecule has 4 rings (SSSR count). The number of amides is 1. The Kier molecular flexibility index (Phi) is 4.91. The van der Waals surface area contributed by atoms with E-state index in [-0.39, 0.29) is 35.1 Å². The molecule has 0 spiro atoms. The van der Waals surface area contributed by atoms with Crippen LogP contribution in [0.4, 0.5) is 18.9 Å². The van der Waals surface area contributed by atoms with Crippen LogP contribution in [0.1, 0.15) is 43.6 Å². The Bertz CT molecular complexity index is 862. The number of alkyl halides is 2. The first kappa shape index (κ1) is 18.7. The Morgan fingerprint density at radius 3 is 2.39 bits per heavy atom. The van der Waals surface area contributed by atoms with Crippen LogP contribution in [-0.2, 0) is 4.79 Å². The minimum atomic E-state index is -3.60. The normalized spacial score (nSPS) is 22.7. The molecule has 1 amide bonds. The number of halogens is 3. The van der Waals surface area contributed by atoms with Gasteiger partial charge in [0.25, 0.3) is 0 Å². The summed E-state index contributed by atoms with van der Waals surface area (Å²) in [6.07, 6.45) is 0.335. The van der Waals surface area contributed by atoms with Gasteiger partial charge in [-0.2, -0.15) is 0 Å². The summed E-state index contributed by atoms with van der Waals surface area (Å²) in [7, 11) is 0. The number of fused-ring (bicyclic) bond motifs is 1. The van der Waals surface area contributed by atoms with Crippen LogP contribution in [0.15, 0.2) is 42.5 Å². The predicted molar refractivity (Wildman–Crippen MR) is 97.0 cm³/mol. The highest BCUT2D eigenvalue weighted by molar-refractivity contribution is 5.90. The number of rotatable bonds is 4. The fourth-order valence-electron chi connectivity index (χ4n) is 3.93. The van der Waals surface area contributed by atoms with E-state index in [0.717, 1.165) is 31.2 Å². The van der Waals surface area contributed by atoms with Gasteiger partial charge in [-0.25, -0.2) is 4.39 Å². The van der Waals surface area contributed by atoms with Gasteiger partial charge in [-0.3, -0.25) is 4.79 Å². The summed E-state index contributed by atoms with van der Waals surface area (Å²) in [6, 6.07) is 10.6. The highest BCUT2D eigenvalue weighted by atomic mass is 19.3. The molecule has 4 nitrogen and oxygen atoms in total. The summed E-state index contributed by atoms with van der Waals surface area (Å²) >= 11 is 0. The lowest BCUT2D eigenvalue weighted by Crippen LogP contribution is -2.25. The lowest BCUT2D eigenvalue weighted by Gasteiger charge is -2.28. The second-order valence-electron chi connectivity index (χ2n) is 7.35. The zero-order valence-electron chi connectivity index (χ0n) is 15.1. The van der Waals surface area contributed by atoms with Crippen LogP contribution in [0.2, 0.25) is 0 Å². The van der Waals surface area contributed by atoms with Gasteiger partial charge >= 0.3 is 6.29 Å². The van der Waals surface area contributed by atoms with Crippen molar-refractivity contribution in [2.24, 2.45) is 5.92 Å². The van der Waals surface area contributed by atoms with E-state index in [9.17, 15) is 18.0 Å². The molecular formula is C21H20F3NO3. The maximum Gasteiger partial charge on any atom is 0.586 e. The number of hydrogen-bond acceptors (Lipinski definition) is 3. The third kappa shape index (κ3) is 4.24. The van der Waals surface area contributed by atoms with E-state index < -0.39 is 6.29 Å². The zero-order valence-corrected chi connectivity index (χ0v) is 15.1. The topological polar surface area (TPSA) is 47.6 Å². The van der Waals surface area contributed by atoms with Crippen LogP contribution < -0.4 is 14.8 Å². The molecule has 1 aliphatic heterocycles. The number of nitrogens with one attached hydrogen (secondary N) is 1. The first-order valence-corrected chi connectivity index (χ1v) is 9.33. The van der Waals surface area contributed by atoms with E-state index in [0.29, 0.717) is 12.1 Å². The van der Waals surface area contributed by atoms with E-state index in [2.05, 4.69) is 14.8 Å². The molecule has 2 aromatic carbocycles. The van der Waals surface area contributed by atoms with E-state index in [1.54, 1.807) is 12.1 Å². The van der Waals surface area contributed by atoms with Gasteiger partial charge in [-0.05, 0) is 79.5 Å². The highest BCUT2D eigenvalue weighted by Crippen LogP contribution is 2.44. The quantitative estimate of drug-likeness (QED) is 0.754. The number of hydrogen-bond donors (Lipinski definition) is 1. The van der Waals surface area contributed by atoms with Crippen molar-refractivity contribution in [3.8, 4) is 11.5 Å². The van der Waals surface area contributed by atoms with Gasteiger partial charge in [0.15, 0.2) is 11.5 Å². The van der Waals surface area contributed by atoms with Crippen molar-refractivity contribution < 1.29 is 27.4 Å². The molecule has 1 fully saturated rings. The Morgan fingerprint density at radius 2 is 1.68 bits per heavy atom. The lowest BCUT2D eigenvalue weighted by molar-refractivity contribution is -0.286. The van der Waals surface area contributed by atoms with Crippen LogP contribution in [-0.4, -0.2) is 12.2 Å².